The molecule has 5 N–H and O–H groups in total. The van der Waals surface area contributed by atoms with Gasteiger partial charge < -0.3 is 16.8 Å². The largest absolute Gasteiger partial charge is 0.366 e. The minimum Gasteiger partial charge on any atom is -0.366 e. The number of nitrogens with two attached hydrogens (primary N) is 2. The van der Waals surface area contributed by atoms with Gasteiger partial charge in [0, 0.05) is 18.2 Å². The molecule has 2 amide bonds. The summed E-state index contributed by atoms with van der Waals surface area (Å²) in [5.74, 6) is -0.877. The Morgan fingerprint density at radius 1 is 1.42 bits per heavy atom. The van der Waals surface area contributed by atoms with Crippen LogP contribution in [0.5, 0.6) is 0 Å². The molecule has 0 fully saturated rings. The number of carbonyl (C=O) groups excluding carboxylic acids is 2. The minimum atomic E-state index is -0.747. The number of nitrogens with zero attached hydrogens (tertiary/aromatic N) is 1. The van der Waals surface area contributed by atoms with Gasteiger partial charge in [0.1, 0.15) is 0 Å². The highest BCUT2D eigenvalue weighted by Gasteiger charge is 2.28. The standard InChI is InChI=1S/C15H22N4O4S/c1-9(2)15(3,8-16)18-13(20)7-24-12-5-4-10(14(17)21)6-11(12)19(22)23/h4-6,9H,7-8,16H2,1-3H3,(H2,17,21)(H,18,20). The first-order valence-corrected chi connectivity index (χ1v) is 8.31. The lowest BCUT2D eigenvalue weighted by Crippen LogP contribution is -2.55. The zero-order chi connectivity index (χ0) is 18.5. The van der Waals surface area contributed by atoms with Crippen LogP contribution in [0.25, 0.3) is 0 Å². The number of benzene rings is 1. The average Bonchev–Trinajstić information content (AvgIpc) is 2.52. The number of amides is 2. The van der Waals surface area contributed by atoms with Gasteiger partial charge in [-0.15, -0.1) is 11.8 Å². The lowest BCUT2D eigenvalue weighted by molar-refractivity contribution is -0.387. The van der Waals surface area contributed by atoms with E-state index in [9.17, 15) is 19.7 Å². The predicted molar refractivity (Wildman–Crippen MR) is 92.8 cm³/mol. The Bertz CT molecular complexity index is 650. The Labute approximate surface area is 144 Å². The van der Waals surface area contributed by atoms with Crippen molar-refractivity contribution in [3.8, 4) is 0 Å². The average molecular weight is 354 g/mol. The summed E-state index contributed by atoms with van der Waals surface area (Å²) in [4.78, 5) is 34.1. The van der Waals surface area contributed by atoms with Gasteiger partial charge in [0.25, 0.3) is 5.69 Å². The van der Waals surface area contributed by atoms with Gasteiger partial charge in [0.15, 0.2) is 0 Å². The quantitative estimate of drug-likeness (QED) is 0.365. The second-order valence-electron chi connectivity index (χ2n) is 5.92. The number of nitro groups is 1. The molecule has 1 rings (SSSR count). The van der Waals surface area contributed by atoms with E-state index in [1.54, 1.807) is 0 Å². The fourth-order valence-electron chi connectivity index (χ4n) is 1.86. The van der Waals surface area contributed by atoms with Crippen LogP contribution in [-0.2, 0) is 4.79 Å². The Kier molecular flexibility index (Phi) is 6.73. The molecule has 132 valence electrons. The second-order valence-corrected chi connectivity index (χ2v) is 6.93. The van der Waals surface area contributed by atoms with Crippen molar-refractivity contribution in [1.29, 1.82) is 0 Å². The zero-order valence-electron chi connectivity index (χ0n) is 13.9. The Morgan fingerprint density at radius 2 is 2.04 bits per heavy atom. The molecule has 0 aliphatic rings. The molecule has 1 atom stereocenters. The van der Waals surface area contributed by atoms with E-state index in [-0.39, 0.29) is 35.4 Å². The third-order valence-electron chi connectivity index (χ3n) is 3.92. The van der Waals surface area contributed by atoms with Crippen LogP contribution in [0.3, 0.4) is 0 Å². The van der Waals surface area contributed by atoms with Crippen molar-refractivity contribution in [2.45, 2.75) is 31.2 Å². The summed E-state index contributed by atoms with van der Waals surface area (Å²) in [7, 11) is 0. The molecule has 0 saturated heterocycles. The fourth-order valence-corrected chi connectivity index (χ4v) is 2.67. The normalized spacial score (nSPS) is 13.4. The van der Waals surface area contributed by atoms with E-state index >= 15 is 0 Å². The molecule has 0 radical (unpaired) electrons. The number of rotatable bonds is 8. The number of thioether (sulfide) groups is 1. The topological polar surface area (TPSA) is 141 Å². The molecular weight excluding hydrogens is 332 g/mol. The van der Waals surface area contributed by atoms with Crippen LogP contribution in [0, 0.1) is 16.0 Å². The fraction of sp³-hybridized carbons (Fsp3) is 0.467. The molecule has 9 heteroatoms. The molecule has 0 spiro atoms. The molecule has 0 aliphatic heterocycles. The summed E-state index contributed by atoms with van der Waals surface area (Å²) in [6, 6.07) is 3.93. The first-order chi connectivity index (χ1) is 11.1. The third-order valence-corrected chi connectivity index (χ3v) is 4.98. The third kappa shape index (κ3) is 4.93. The van der Waals surface area contributed by atoms with Crippen molar-refractivity contribution in [2.75, 3.05) is 12.3 Å². The Morgan fingerprint density at radius 3 is 2.50 bits per heavy atom. The molecule has 0 aliphatic carbocycles. The maximum atomic E-state index is 12.1. The highest BCUT2D eigenvalue weighted by atomic mass is 32.2. The van der Waals surface area contributed by atoms with Gasteiger partial charge in [-0.05, 0) is 25.0 Å². The van der Waals surface area contributed by atoms with Crippen molar-refractivity contribution in [2.24, 2.45) is 17.4 Å². The highest BCUT2D eigenvalue weighted by molar-refractivity contribution is 8.00. The first-order valence-electron chi connectivity index (χ1n) is 7.33. The monoisotopic (exact) mass is 354 g/mol. The van der Waals surface area contributed by atoms with Crippen LogP contribution in [0.2, 0.25) is 0 Å². The number of carbonyl (C=O) groups is 2. The number of nitro benzene ring substituents is 1. The predicted octanol–water partition coefficient (Wildman–Crippen LogP) is 1.28. The molecule has 0 saturated carbocycles. The van der Waals surface area contributed by atoms with Crippen LogP contribution in [0.15, 0.2) is 23.1 Å². The van der Waals surface area contributed by atoms with Crippen molar-refractivity contribution in [1.82, 2.24) is 5.32 Å². The number of hydrogen-bond donors (Lipinski definition) is 3. The van der Waals surface area contributed by atoms with Crippen LogP contribution in [0.1, 0.15) is 31.1 Å². The van der Waals surface area contributed by atoms with Crippen LogP contribution in [-0.4, -0.2) is 34.6 Å². The van der Waals surface area contributed by atoms with Crippen molar-refractivity contribution >= 4 is 29.3 Å². The molecule has 8 nitrogen and oxygen atoms in total. The van der Waals surface area contributed by atoms with Gasteiger partial charge in [0.05, 0.1) is 21.1 Å². The molecule has 1 aromatic carbocycles. The molecular formula is C15H22N4O4S. The lowest BCUT2D eigenvalue weighted by Gasteiger charge is -2.33. The summed E-state index contributed by atoms with van der Waals surface area (Å²) >= 11 is 1.02. The first kappa shape index (κ1) is 19.9. The summed E-state index contributed by atoms with van der Waals surface area (Å²) in [6.45, 7) is 6.04. The minimum absolute atomic E-state index is 0.000925. The maximum absolute atomic E-state index is 12.1. The number of primary amides is 1. The molecule has 1 aromatic rings. The van der Waals surface area contributed by atoms with E-state index in [4.69, 9.17) is 11.5 Å². The highest BCUT2D eigenvalue weighted by Crippen LogP contribution is 2.30. The van der Waals surface area contributed by atoms with Crippen molar-refractivity contribution in [3.05, 3.63) is 33.9 Å². The van der Waals surface area contributed by atoms with Gasteiger partial charge in [-0.1, -0.05) is 13.8 Å². The van der Waals surface area contributed by atoms with E-state index in [1.165, 1.54) is 12.1 Å². The number of nitrogens with one attached hydrogen (secondary N) is 1. The summed E-state index contributed by atoms with van der Waals surface area (Å²) in [5, 5.41) is 14.0. The van der Waals surface area contributed by atoms with Crippen LogP contribution in [0.4, 0.5) is 5.69 Å². The van der Waals surface area contributed by atoms with E-state index in [0.717, 1.165) is 17.8 Å². The van der Waals surface area contributed by atoms with Gasteiger partial charge in [-0.2, -0.15) is 0 Å². The summed E-state index contributed by atoms with van der Waals surface area (Å²) < 4.78 is 0. The molecule has 0 bridgehead atoms. The summed E-state index contributed by atoms with van der Waals surface area (Å²) in [5.41, 5.74) is 10.1. The van der Waals surface area contributed by atoms with Crippen LogP contribution < -0.4 is 16.8 Å². The molecule has 1 unspecified atom stereocenters. The van der Waals surface area contributed by atoms with Gasteiger partial charge in [0.2, 0.25) is 11.8 Å². The number of hydrogen-bond acceptors (Lipinski definition) is 6. The summed E-state index contributed by atoms with van der Waals surface area (Å²) in [6.07, 6.45) is 0. The Hall–Kier alpha value is -2.13. The smallest absolute Gasteiger partial charge is 0.283 e. The van der Waals surface area contributed by atoms with E-state index in [2.05, 4.69) is 5.32 Å². The molecule has 0 heterocycles. The van der Waals surface area contributed by atoms with Gasteiger partial charge >= 0.3 is 0 Å². The zero-order valence-corrected chi connectivity index (χ0v) is 14.7. The van der Waals surface area contributed by atoms with E-state index < -0.39 is 16.4 Å². The lowest BCUT2D eigenvalue weighted by atomic mass is 9.88. The van der Waals surface area contributed by atoms with E-state index in [1.807, 2.05) is 20.8 Å². The molecule has 24 heavy (non-hydrogen) atoms. The molecule has 0 aromatic heterocycles. The Balaban J connectivity index is 2.85. The van der Waals surface area contributed by atoms with Gasteiger partial charge in [-0.3, -0.25) is 19.7 Å². The van der Waals surface area contributed by atoms with Crippen molar-refractivity contribution in [3.63, 3.8) is 0 Å². The van der Waals surface area contributed by atoms with Crippen LogP contribution >= 0.6 is 11.8 Å². The van der Waals surface area contributed by atoms with Crippen molar-refractivity contribution < 1.29 is 14.5 Å². The van der Waals surface area contributed by atoms with E-state index in [0.29, 0.717) is 4.90 Å². The SMILES string of the molecule is CC(C)C(C)(CN)NC(=O)CSc1ccc(C(N)=O)cc1[N+](=O)[O-]. The van der Waals surface area contributed by atoms with Gasteiger partial charge in [-0.25, -0.2) is 0 Å². The maximum Gasteiger partial charge on any atom is 0.283 e. The second kappa shape index (κ2) is 8.11.